The normalized spacial score (nSPS) is 21.9. The third kappa shape index (κ3) is 2.38. The number of ether oxygens (including phenoxy) is 1. The number of nitriles is 1. The van der Waals surface area contributed by atoms with Gasteiger partial charge in [-0.3, -0.25) is 4.79 Å². The van der Waals surface area contributed by atoms with Gasteiger partial charge in [0.2, 0.25) is 0 Å². The largest absolute Gasteiger partial charge is 0.496 e. The van der Waals surface area contributed by atoms with Gasteiger partial charge in [-0.25, -0.2) is 4.98 Å². The molecule has 1 aromatic heterocycles. The second kappa shape index (κ2) is 6.49. The zero-order chi connectivity index (χ0) is 18.1. The number of carbonyl (C=O) groups is 1. The van der Waals surface area contributed by atoms with Crippen molar-refractivity contribution in [2.24, 2.45) is 0 Å². The Hall–Kier alpha value is -2.81. The highest BCUT2D eigenvalue weighted by Gasteiger charge is 2.50. The van der Waals surface area contributed by atoms with E-state index in [0.717, 1.165) is 43.6 Å². The summed E-state index contributed by atoms with van der Waals surface area (Å²) in [6.45, 7) is 1.59. The highest BCUT2D eigenvalue weighted by atomic mass is 16.5. The smallest absolute Gasteiger partial charge is 0.253 e. The summed E-state index contributed by atoms with van der Waals surface area (Å²) in [4.78, 5) is 20.0. The molecule has 1 atom stereocenters. The van der Waals surface area contributed by atoms with Crippen molar-refractivity contribution in [3.8, 4) is 11.8 Å². The summed E-state index contributed by atoms with van der Waals surface area (Å²) in [6, 6.07) is 7.49. The van der Waals surface area contributed by atoms with E-state index in [-0.39, 0.29) is 5.91 Å². The number of methoxy groups -OCH3 is 1. The third-order valence-electron chi connectivity index (χ3n) is 5.64. The molecule has 6 nitrogen and oxygen atoms in total. The number of likely N-dealkylation sites (tertiary alicyclic amines) is 1. The molecule has 26 heavy (non-hydrogen) atoms. The minimum Gasteiger partial charge on any atom is -0.496 e. The van der Waals surface area contributed by atoms with Crippen LogP contribution in [0.25, 0.3) is 0 Å². The van der Waals surface area contributed by atoms with E-state index < -0.39 is 5.54 Å². The number of nitrogens with zero attached hydrogens (tertiary/aromatic N) is 4. The summed E-state index contributed by atoms with van der Waals surface area (Å²) < 4.78 is 7.61. The minimum absolute atomic E-state index is 0.108. The molecule has 1 fully saturated rings. The maximum Gasteiger partial charge on any atom is 0.253 e. The van der Waals surface area contributed by atoms with Crippen LogP contribution in [0.4, 0.5) is 0 Å². The molecule has 0 radical (unpaired) electrons. The molecule has 0 aliphatic carbocycles. The van der Waals surface area contributed by atoms with E-state index in [2.05, 4.69) is 11.1 Å². The highest BCUT2D eigenvalue weighted by Crippen LogP contribution is 2.44. The van der Waals surface area contributed by atoms with Crippen LogP contribution >= 0.6 is 0 Å². The van der Waals surface area contributed by atoms with E-state index in [9.17, 15) is 10.1 Å². The Morgan fingerprint density at radius 2 is 2.12 bits per heavy atom. The van der Waals surface area contributed by atoms with Gasteiger partial charge in [0.1, 0.15) is 5.75 Å². The first-order valence-electron chi connectivity index (χ1n) is 9.10. The predicted octanol–water partition coefficient (Wildman–Crippen LogP) is 2.47. The number of imidazole rings is 1. The molecule has 134 valence electrons. The van der Waals surface area contributed by atoms with Gasteiger partial charge < -0.3 is 14.2 Å². The Labute approximate surface area is 153 Å². The quantitative estimate of drug-likeness (QED) is 0.852. The number of carbonyl (C=O) groups excluding carboxylic acids is 1. The molecule has 0 bridgehead atoms. The lowest BCUT2D eigenvalue weighted by molar-refractivity contribution is -0.139. The second-order valence-corrected chi connectivity index (χ2v) is 6.99. The van der Waals surface area contributed by atoms with Gasteiger partial charge in [-0.2, -0.15) is 5.26 Å². The Morgan fingerprint density at radius 3 is 2.85 bits per heavy atom. The van der Waals surface area contributed by atoms with Gasteiger partial charge >= 0.3 is 0 Å². The van der Waals surface area contributed by atoms with Crippen molar-refractivity contribution in [1.29, 1.82) is 5.26 Å². The minimum atomic E-state index is -0.845. The van der Waals surface area contributed by atoms with Crippen LogP contribution in [0.1, 0.15) is 42.5 Å². The number of hydrogen-bond acceptors (Lipinski definition) is 4. The zero-order valence-electron chi connectivity index (χ0n) is 14.9. The topological polar surface area (TPSA) is 71.2 Å². The van der Waals surface area contributed by atoms with Gasteiger partial charge in [0, 0.05) is 30.5 Å². The van der Waals surface area contributed by atoms with Gasteiger partial charge in [0.05, 0.1) is 25.1 Å². The SMILES string of the molecule is COc1cc(C#N)ccc1C1(C(=O)N2CCCCC2)CCc2cncn21. The molecule has 1 aromatic carbocycles. The van der Waals surface area contributed by atoms with Crippen molar-refractivity contribution in [3.63, 3.8) is 0 Å². The summed E-state index contributed by atoms with van der Waals surface area (Å²) in [5, 5.41) is 9.22. The molecule has 1 unspecified atom stereocenters. The summed E-state index contributed by atoms with van der Waals surface area (Å²) in [6.07, 6.45) is 8.33. The van der Waals surface area contributed by atoms with Crippen LogP contribution in [0.5, 0.6) is 5.75 Å². The van der Waals surface area contributed by atoms with Gasteiger partial charge in [-0.1, -0.05) is 6.07 Å². The van der Waals surface area contributed by atoms with Crippen molar-refractivity contribution in [2.75, 3.05) is 20.2 Å². The Morgan fingerprint density at radius 1 is 1.31 bits per heavy atom. The number of fused-ring (bicyclic) bond motifs is 1. The lowest BCUT2D eigenvalue weighted by Crippen LogP contribution is -2.51. The standard InChI is InChI=1S/C20H22N4O2/c1-26-18-11-15(12-21)5-6-17(18)20(8-7-16-13-22-14-24(16)20)19(25)23-9-3-2-4-10-23/h5-6,11,13-14H,2-4,7-10H2,1H3. The van der Waals surface area contributed by atoms with Crippen LogP contribution in [-0.2, 0) is 16.8 Å². The molecule has 6 heteroatoms. The summed E-state index contributed by atoms with van der Waals surface area (Å²) in [5.74, 6) is 0.688. The summed E-state index contributed by atoms with van der Waals surface area (Å²) in [5.41, 5.74) is 1.55. The summed E-state index contributed by atoms with van der Waals surface area (Å²) in [7, 11) is 1.59. The van der Waals surface area contributed by atoms with E-state index in [0.29, 0.717) is 17.7 Å². The lowest BCUT2D eigenvalue weighted by atomic mass is 9.84. The van der Waals surface area contributed by atoms with Gasteiger partial charge in [0.15, 0.2) is 5.54 Å². The number of hydrogen-bond donors (Lipinski definition) is 0. The first-order valence-corrected chi connectivity index (χ1v) is 9.10. The molecule has 2 aromatic rings. The monoisotopic (exact) mass is 350 g/mol. The molecule has 2 aliphatic heterocycles. The van der Waals surface area contributed by atoms with Crippen LogP contribution in [-0.4, -0.2) is 40.6 Å². The zero-order valence-corrected chi connectivity index (χ0v) is 14.9. The van der Waals surface area contributed by atoms with Gasteiger partial charge in [-0.15, -0.1) is 0 Å². The number of piperidine rings is 1. The maximum absolute atomic E-state index is 13.8. The fraction of sp³-hybridized carbons (Fsp3) is 0.450. The number of benzene rings is 1. The molecule has 4 rings (SSSR count). The van der Waals surface area contributed by atoms with Gasteiger partial charge in [-0.05, 0) is 44.2 Å². The van der Waals surface area contributed by atoms with E-state index in [4.69, 9.17) is 4.74 Å². The van der Waals surface area contributed by atoms with Crippen LogP contribution in [0.15, 0.2) is 30.7 Å². The Kier molecular flexibility index (Phi) is 4.15. The first kappa shape index (κ1) is 16.6. The average molecular weight is 350 g/mol. The Bertz CT molecular complexity index is 876. The molecule has 2 aliphatic rings. The van der Waals surface area contributed by atoms with Crippen molar-refractivity contribution >= 4 is 5.91 Å². The molecule has 0 spiro atoms. The number of aromatic nitrogens is 2. The molecule has 3 heterocycles. The average Bonchev–Trinajstić information content (AvgIpc) is 3.31. The van der Waals surface area contributed by atoms with E-state index in [1.165, 1.54) is 6.42 Å². The van der Waals surface area contributed by atoms with E-state index in [1.54, 1.807) is 25.6 Å². The van der Waals surface area contributed by atoms with Gasteiger partial charge in [0.25, 0.3) is 5.91 Å². The van der Waals surface area contributed by atoms with Crippen molar-refractivity contribution < 1.29 is 9.53 Å². The third-order valence-corrected chi connectivity index (χ3v) is 5.64. The summed E-state index contributed by atoms with van der Waals surface area (Å²) >= 11 is 0. The number of aryl methyl sites for hydroxylation is 1. The first-order chi connectivity index (χ1) is 12.7. The van der Waals surface area contributed by atoms with E-state index >= 15 is 0 Å². The van der Waals surface area contributed by atoms with Crippen molar-refractivity contribution in [1.82, 2.24) is 14.5 Å². The van der Waals surface area contributed by atoms with Crippen molar-refractivity contribution in [2.45, 2.75) is 37.6 Å². The highest BCUT2D eigenvalue weighted by molar-refractivity contribution is 5.90. The molecule has 0 saturated carbocycles. The Balaban J connectivity index is 1.88. The fourth-order valence-corrected chi connectivity index (χ4v) is 4.33. The van der Waals surface area contributed by atoms with Crippen molar-refractivity contribution in [3.05, 3.63) is 47.5 Å². The number of amides is 1. The molecule has 1 saturated heterocycles. The molecule has 0 N–H and O–H groups in total. The maximum atomic E-state index is 13.8. The molecule has 1 amide bonds. The fourth-order valence-electron chi connectivity index (χ4n) is 4.33. The molecular weight excluding hydrogens is 328 g/mol. The van der Waals surface area contributed by atoms with Crippen LogP contribution in [0.2, 0.25) is 0 Å². The second-order valence-electron chi connectivity index (χ2n) is 6.99. The molecular formula is C20H22N4O2. The van der Waals surface area contributed by atoms with Crippen LogP contribution in [0.3, 0.4) is 0 Å². The van der Waals surface area contributed by atoms with Crippen LogP contribution < -0.4 is 4.74 Å². The van der Waals surface area contributed by atoms with Crippen LogP contribution in [0, 0.1) is 11.3 Å². The number of rotatable bonds is 3. The lowest BCUT2D eigenvalue weighted by Gasteiger charge is -2.38. The predicted molar refractivity (Wildman–Crippen MR) is 95.8 cm³/mol. The van der Waals surface area contributed by atoms with E-state index in [1.807, 2.05) is 21.7 Å².